The third-order valence-electron chi connectivity index (χ3n) is 10.6. The topological polar surface area (TPSA) is 77.6 Å². The first-order valence-corrected chi connectivity index (χ1v) is 20.3. The average molecular weight is 766 g/mol. The summed E-state index contributed by atoms with van der Waals surface area (Å²) in [6.07, 6.45) is 0. The summed E-state index contributed by atoms with van der Waals surface area (Å²) in [6.45, 7) is 0. The molecule has 0 aliphatic carbocycles. The summed E-state index contributed by atoms with van der Waals surface area (Å²) >= 11 is 3.54. The number of nitrogens with zero attached hydrogens (tertiary/aromatic N) is 5. The number of benzene rings is 7. The number of fused-ring (bicyclic) bond motifs is 9. The van der Waals surface area contributed by atoms with Gasteiger partial charge in [-0.2, -0.15) is 0 Å². The first kappa shape index (κ1) is 32.1. The van der Waals surface area contributed by atoms with Gasteiger partial charge in [0.25, 0.3) is 0 Å². The molecule has 12 aromatic rings. The van der Waals surface area contributed by atoms with Crippen LogP contribution in [-0.4, -0.2) is 24.9 Å². The fraction of sp³-hybridized carbons (Fsp3) is 0. The van der Waals surface area contributed by atoms with Crippen LogP contribution < -0.4 is 0 Å². The van der Waals surface area contributed by atoms with Gasteiger partial charge in [0.1, 0.15) is 16.8 Å². The van der Waals surface area contributed by atoms with Gasteiger partial charge < -0.3 is 4.42 Å². The third-order valence-corrected chi connectivity index (χ3v) is 12.8. The molecule has 0 atom stereocenters. The zero-order valence-electron chi connectivity index (χ0n) is 30.0. The van der Waals surface area contributed by atoms with Gasteiger partial charge in [-0.05, 0) is 36.4 Å². The number of rotatable bonds is 5. The Morgan fingerprint density at radius 1 is 0.368 bits per heavy atom. The van der Waals surface area contributed by atoms with E-state index in [0.717, 1.165) is 70.2 Å². The molecule has 266 valence electrons. The second kappa shape index (κ2) is 12.7. The van der Waals surface area contributed by atoms with E-state index in [0.29, 0.717) is 28.9 Å². The van der Waals surface area contributed by atoms with Gasteiger partial charge in [0, 0.05) is 73.5 Å². The maximum absolute atomic E-state index is 6.39. The molecule has 57 heavy (non-hydrogen) atoms. The van der Waals surface area contributed by atoms with Crippen molar-refractivity contribution in [1.29, 1.82) is 0 Å². The Morgan fingerprint density at radius 2 is 0.947 bits per heavy atom. The first-order chi connectivity index (χ1) is 28.2. The molecule has 0 radical (unpaired) electrons. The molecule has 5 heterocycles. The van der Waals surface area contributed by atoms with Gasteiger partial charge in [0.15, 0.2) is 28.9 Å². The molecule has 0 fully saturated rings. The smallest absolute Gasteiger partial charge is 0.180 e. The van der Waals surface area contributed by atoms with Crippen molar-refractivity contribution in [3.8, 4) is 56.8 Å². The number of hydrogen-bond acceptors (Lipinski definition) is 8. The van der Waals surface area contributed by atoms with Crippen molar-refractivity contribution in [3.05, 3.63) is 164 Å². The Morgan fingerprint density at radius 3 is 1.72 bits per heavy atom. The minimum absolute atomic E-state index is 0.628. The van der Waals surface area contributed by atoms with Crippen molar-refractivity contribution in [2.75, 3.05) is 0 Å². The maximum atomic E-state index is 6.39. The van der Waals surface area contributed by atoms with Gasteiger partial charge in [-0.25, -0.2) is 24.9 Å². The number of aromatic nitrogens is 5. The molecule has 0 bridgehead atoms. The second-order valence-corrected chi connectivity index (χ2v) is 16.2. The van der Waals surface area contributed by atoms with E-state index in [-0.39, 0.29) is 0 Å². The van der Waals surface area contributed by atoms with Crippen LogP contribution in [0.5, 0.6) is 0 Å². The van der Waals surface area contributed by atoms with Gasteiger partial charge in [0.2, 0.25) is 0 Å². The van der Waals surface area contributed by atoms with Crippen molar-refractivity contribution >= 4 is 85.1 Å². The molecule has 0 saturated carbocycles. The molecule has 0 spiro atoms. The molecule has 12 rings (SSSR count). The molecule has 0 aliphatic heterocycles. The quantitative estimate of drug-likeness (QED) is 0.174. The van der Waals surface area contributed by atoms with Gasteiger partial charge in [-0.1, -0.05) is 127 Å². The molecule has 0 unspecified atom stereocenters. The van der Waals surface area contributed by atoms with E-state index in [2.05, 4.69) is 97.1 Å². The molecule has 0 aliphatic rings. The fourth-order valence-corrected chi connectivity index (χ4v) is 10.2. The van der Waals surface area contributed by atoms with Gasteiger partial charge >= 0.3 is 0 Å². The Kier molecular flexibility index (Phi) is 7.17. The monoisotopic (exact) mass is 765 g/mol. The minimum Gasteiger partial charge on any atom is -0.452 e. The van der Waals surface area contributed by atoms with Crippen LogP contribution in [0.3, 0.4) is 0 Å². The summed E-state index contributed by atoms with van der Waals surface area (Å²) in [5.41, 5.74) is 7.84. The SMILES string of the molecule is c1ccc(-c2nc(-c3ccc4c(c3)sc3ccccc34)nc(-c3ccc4c(c3)sc3cccc(-c5nc(-c6ccccc6)c6oc7ccccc7c6n5)c34)n2)cc1. The van der Waals surface area contributed by atoms with Crippen LogP contribution in [0.4, 0.5) is 0 Å². The molecule has 0 amide bonds. The summed E-state index contributed by atoms with van der Waals surface area (Å²) in [4.78, 5) is 25.7. The van der Waals surface area contributed by atoms with E-state index in [1.54, 1.807) is 22.7 Å². The van der Waals surface area contributed by atoms with Crippen LogP contribution in [0, 0.1) is 0 Å². The summed E-state index contributed by atoms with van der Waals surface area (Å²) in [5, 5.41) is 5.73. The predicted molar refractivity (Wildman–Crippen MR) is 236 cm³/mol. The lowest BCUT2D eigenvalue weighted by molar-refractivity contribution is 0.667. The van der Waals surface area contributed by atoms with Crippen molar-refractivity contribution in [2.24, 2.45) is 0 Å². The highest BCUT2D eigenvalue weighted by Gasteiger charge is 2.21. The predicted octanol–water partition coefficient (Wildman–Crippen LogP) is 13.6. The highest BCUT2D eigenvalue weighted by atomic mass is 32.1. The van der Waals surface area contributed by atoms with E-state index in [1.165, 1.54) is 20.2 Å². The molecule has 8 heteroatoms. The lowest BCUT2D eigenvalue weighted by Gasteiger charge is -2.09. The van der Waals surface area contributed by atoms with E-state index < -0.39 is 0 Å². The summed E-state index contributed by atoms with van der Waals surface area (Å²) < 4.78 is 11.1. The van der Waals surface area contributed by atoms with Crippen LogP contribution in [0.15, 0.2) is 168 Å². The highest BCUT2D eigenvalue weighted by molar-refractivity contribution is 7.26. The average Bonchev–Trinajstić information content (AvgIpc) is 3.97. The van der Waals surface area contributed by atoms with Gasteiger partial charge in [-0.3, -0.25) is 0 Å². The van der Waals surface area contributed by atoms with Crippen LogP contribution in [0.2, 0.25) is 0 Å². The Labute approximate surface area is 333 Å². The van der Waals surface area contributed by atoms with Crippen LogP contribution in [0.1, 0.15) is 0 Å². The fourth-order valence-electron chi connectivity index (χ4n) is 7.87. The van der Waals surface area contributed by atoms with E-state index in [9.17, 15) is 0 Å². The zero-order chi connectivity index (χ0) is 37.5. The molecular weight excluding hydrogens is 739 g/mol. The van der Waals surface area contributed by atoms with Crippen molar-refractivity contribution in [3.63, 3.8) is 0 Å². The molecule has 0 N–H and O–H groups in total. The van der Waals surface area contributed by atoms with Gasteiger partial charge in [-0.15, -0.1) is 22.7 Å². The van der Waals surface area contributed by atoms with E-state index in [4.69, 9.17) is 29.3 Å². The number of furan rings is 1. The highest BCUT2D eigenvalue weighted by Crippen LogP contribution is 2.43. The molecule has 6 nitrogen and oxygen atoms in total. The molecule has 0 saturated heterocycles. The zero-order valence-corrected chi connectivity index (χ0v) is 31.7. The Bertz CT molecular complexity index is 3540. The standard InChI is InChI=1S/C49H27N5OS2/c1-3-12-28(13-4-1)43-45-44(34-17-7-9-19-37(34)55-45)51-49(50-43)36-18-11-21-39-42(36)35-25-23-31(27-41(35)57-39)48-53-46(29-14-5-2-6-15-29)52-47(54-48)30-22-24-33-32-16-8-10-20-38(32)56-40(33)26-30/h1-27H. The van der Waals surface area contributed by atoms with Crippen LogP contribution in [0.25, 0.3) is 119 Å². The maximum Gasteiger partial charge on any atom is 0.180 e. The summed E-state index contributed by atoms with van der Waals surface area (Å²) in [6, 6.07) is 56.4. The van der Waals surface area contributed by atoms with Crippen molar-refractivity contribution < 1.29 is 4.42 Å². The summed E-state index contributed by atoms with van der Waals surface area (Å²) in [7, 11) is 0. The normalized spacial score (nSPS) is 11.9. The van der Waals surface area contributed by atoms with E-state index >= 15 is 0 Å². The van der Waals surface area contributed by atoms with Crippen molar-refractivity contribution in [1.82, 2.24) is 24.9 Å². The summed E-state index contributed by atoms with van der Waals surface area (Å²) in [5.74, 6) is 2.57. The first-order valence-electron chi connectivity index (χ1n) is 18.7. The van der Waals surface area contributed by atoms with Gasteiger partial charge in [0.05, 0.1) is 0 Å². The minimum atomic E-state index is 0.628. The number of hydrogen-bond donors (Lipinski definition) is 0. The van der Waals surface area contributed by atoms with Crippen molar-refractivity contribution in [2.45, 2.75) is 0 Å². The second-order valence-electron chi connectivity index (χ2n) is 14.0. The Balaban J connectivity index is 1.02. The number of para-hydroxylation sites is 1. The lowest BCUT2D eigenvalue weighted by Crippen LogP contribution is -2.00. The molecular formula is C49H27N5OS2. The lowest BCUT2D eigenvalue weighted by atomic mass is 10.0. The van der Waals surface area contributed by atoms with Crippen LogP contribution in [-0.2, 0) is 0 Å². The number of thiophene rings is 2. The van der Waals surface area contributed by atoms with Crippen LogP contribution >= 0.6 is 22.7 Å². The molecule has 5 aromatic heterocycles. The van der Waals surface area contributed by atoms with E-state index in [1.807, 2.05) is 66.7 Å². The third kappa shape index (κ3) is 5.26. The molecule has 7 aromatic carbocycles. The largest absolute Gasteiger partial charge is 0.452 e. The Hall–Kier alpha value is -7.13.